The lowest BCUT2D eigenvalue weighted by Crippen LogP contribution is -2.33. The number of rotatable bonds is 3. The molecule has 0 unspecified atom stereocenters. The summed E-state index contributed by atoms with van der Waals surface area (Å²) in [5.41, 5.74) is -0.403. The Morgan fingerprint density at radius 1 is 1.58 bits per heavy atom. The third-order valence-corrected chi connectivity index (χ3v) is 1.81. The van der Waals surface area contributed by atoms with Crippen LogP contribution in [0.5, 0.6) is 0 Å². The second-order valence-electron chi connectivity index (χ2n) is 3.87. The van der Waals surface area contributed by atoms with Crippen LogP contribution in [-0.2, 0) is 4.79 Å². The van der Waals surface area contributed by atoms with E-state index in [0.29, 0.717) is 0 Å². The Morgan fingerprint density at radius 2 is 2.00 bits per heavy atom. The highest BCUT2D eigenvalue weighted by molar-refractivity contribution is 5.73. The summed E-state index contributed by atoms with van der Waals surface area (Å²) in [6, 6.07) is 0. The molecule has 0 aromatic rings. The summed E-state index contributed by atoms with van der Waals surface area (Å²) < 4.78 is 13.0. The van der Waals surface area contributed by atoms with Crippen molar-refractivity contribution in [3.8, 4) is 0 Å². The van der Waals surface area contributed by atoms with Gasteiger partial charge in [0, 0.05) is 5.92 Å². The predicted molar refractivity (Wildman–Crippen MR) is 45.7 cm³/mol. The van der Waals surface area contributed by atoms with Crippen molar-refractivity contribution < 1.29 is 14.3 Å². The van der Waals surface area contributed by atoms with Crippen LogP contribution in [0, 0.1) is 11.3 Å². The van der Waals surface area contributed by atoms with Crippen molar-refractivity contribution in [1.29, 1.82) is 0 Å². The van der Waals surface area contributed by atoms with E-state index in [4.69, 9.17) is 5.11 Å². The first-order chi connectivity index (χ1) is 5.30. The van der Waals surface area contributed by atoms with Gasteiger partial charge in [-0.2, -0.15) is 0 Å². The van der Waals surface area contributed by atoms with Crippen LogP contribution in [0.3, 0.4) is 0 Å². The first kappa shape index (κ1) is 11.1. The lowest BCUT2D eigenvalue weighted by molar-refractivity contribution is -0.145. The molecule has 0 aromatic carbocycles. The molecule has 0 heterocycles. The predicted octanol–water partition coefficient (Wildman–Crippen LogP) is 2.26. The molecule has 0 saturated carbocycles. The molecule has 3 heteroatoms. The van der Waals surface area contributed by atoms with Gasteiger partial charge in [-0.05, 0) is 5.41 Å². The fourth-order valence-electron chi connectivity index (χ4n) is 1.07. The quantitative estimate of drug-likeness (QED) is 0.666. The first-order valence-electron chi connectivity index (χ1n) is 3.80. The third-order valence-electron chi connectivity index (χ3n) is 1.81. The highest BCUT2D eigenvalue weighted by atomic mass is 19.1. The number of halogens is 1. The molecule has 0 spiro atoms. The topological polar surface area (TPSA) is 37.3 Å². The van der Waals surface area contributed by atoms with E-state index in [-0.39, 0.29) is 0 Å². The number of aliphatic carboxylic acids is 1. The van der Waals surface area contributed by atoms with Crippen LogP contribution in [-0.4, -0.2) is 17.2 Å². The minimum Gasteiger partial charge on any atom is -0.479 e. The van der Waals surface area contributed by atoms with Crippen LogP contribution < -0.4 is 0 Å². The Bertz CT molecular complexity index is 181. The maximum Gasteiger partial charge on any atom is 0.338 e. The number of hydrogen-bond acceptors (Lipinski definition) is 1. The van der Waals surface area contributed by atoms with E-state index >= 15 is 0 Å². The van der Waals surface area contributed by atoms with Crippen LogP contribution >= 0.6 is 0 Å². The van der Waals surface area contributed by atoms with Crippen LogP contribution in [0.25, 0.3) is 0 Å². The molecule has 0 amide bonds. The van der Waals surface area contributed by atoms with Crippen molar-refractivity contribution >= 4 is 5.97 Å². The molecule has 12 heavy (non-hydrogen) atoms. The van der Waals surface area contributed by atoms with Crippen molar-refractivity contribution in [2.24, 2.45) is 11.3 Å². The molecule has 0 aliphatic carbocycles. The van der Waals surface area contributed by atoms with Crippen molar-refractivity contribution in [2.45, 2.75) is 26.9 Å². The molecule has 0 saturated heterocycles. The average molecular weight is 174 g/mol. The first-order valence-corrected chi connectivity index (χ1v) is 3.80. The number of hydrogen-bond donors (Lipinski definition) is 1. The van der Waals surface area contributed by atoms with Crippen molar-refractivity contribution in [3.63, 3.8) is 0 Å². The molecule has 2 atom stereocenters. The standard InChI is InChI=1S/C9H15FO2/c1-5-6(9(2,3)4)7(10)8(11)12/h5-7H,1H2,2-4H3,(H,11,12)/t6-,7+/m1/s1. The molecule has 1 N–H and O–H groups in total. The molecule has 70 valence electrons. The molecule has 0 bridgehead atoms. The summed E-state index contributed by atoms with van der Waals surface area (Å²) in [6.45, 7) is 8.79. The zero-order valence-electron chi connectivity index (χ0n) is 7.67. The fourth-order valence-corrected chi connectivity index (χ4v) is 1.07. The molecular weight excluding hydrogens is 159 g/mol. The van der Waals surface area contributed by atoms with Gasteiger partial charge in [-0.3, -0.25) is 0 Å². The van der Waals surface area contributed by atoms with E-state index < -0.39 is 23.5 Å². The molecule has 0 rings (SSSR count). The summed E-state index contributed by atoms with van der Waals surface area (Å²) in [5, 5.41) is 8.42. The summed E-state index contributed by atoms with van der Waals surface area (Å²) in [7, 11) is 0. The van der Waals surface area contributed by atoms with Gasteiger partial charge in [0.15, 0.2) is 0 Å². The minimum atomic E-state index is -1.86. The second kappa shape index (κ2) is 3.70. The van der Waals surface area contributed by atoms with Crippen LogP contribution in [0.1, 0.15) is 20.8 Å². The van der Waals surface area contributed by atoms with Gasteiger partial charge >= 0.3 is 5.97 Å². The second-order valence-corrected chi connectivity index (χ2v) is 3.87. The molecule has 2 nitrogen and oxygen atoms in total. The highest BCUT2D eigenvalue weighted by Gasteiger charge is 2.34. The maximum absolute atomic E-state index is 13.0. The van der Waals surface area contributed by atoms with Crippen molar-refractivity contribution in [1.82, 2.24) is 0 Å². The van der Waals surface area contributed by atoms with Gasteiger partial charge in [0.05, 0.1) is 0 Å². The molecule has 0 aromatic heterocycles. The molecular formula is C9H15FO2. The van der Waals surface area contributed by atoms with Gasteiger partial charge in [-0.1, -0.05) is 26.8 Å². The Morgan fingerprint density at radius 3 is 2.08 bits per heavy atom. The lowest BCUT2D eigenvalue weighted by atomic mass is 9.78. The number of alkyl halides is 1. The van der Waals surface area contributed by atoms with E-state index in [1.165, 1.54) is 6.08 Å². The SMILES string of the molecule is C=C[C@H]([C@H](F)C(=O)O)C(C)(C)C. The Hall–Kier alpha value is -0.860. The van der Waals surface area contributed by atoms with Gasteiger partial charge < -0.3 is 5.11 Å². The van der Waals surface area contributed by atoms with Gasteiger partial charge in [0.2, 0.25) is 6.17 Å². The Labute approximate surface area is 72.1 Å². The summed E-state index contributed by atoms with van der Waals surface area (Å²) in [4.78, 5) is 10.3. The van der Waals surface area contributed by atoms with E-state index in [9.17, 15) is 9.18 Å². The number of carboxylic acid groups (broad SMARTS) is 1. The number of allylic oxidation sites excluding steroid dienone is 1. The lowest BCUT2D eigenvalue weighted by Gasteiger charge is -2.28. The third kappa shape index (κ3) is 2.64. The average Bonchev–Trinajstić information content (AvgIpc) is 1.85. The van der Waals surface area contributed by atoms with Crippen LogP contribution in [0.15, 0.2) is 12.7 Å². The van der Waals surface area contributed by atoms with Crippen LogP contribution in [0.2, 0.25) is 0 Å². The van der Waals surface area contributed by atoms with Crippen molar-refractivity contribution in [2.75, 3.05) is 0 Å². The molecule has 0 aliphatic rings. The van der Waals surface area contributed by atoms with E-state index in [2.05, 4.69) is 6.58 Å². The van der Waals surface area contributed by atoms with Gasteiger partial charge in [-0.15, -0.1) is 6.58 Å². The summed E-state index contributed by atoms with van der Waals surface area (Å²) in [6.07, 6.45) is -0.499. The maximum atomic E-state index is 13.0. The smallest absolute Gasteiger partial charge is 0.338 e. The van der Waals surface area contributed by atoms with Gasteiger partial charge in [0.1, 0.15) is 0 Å². The van der Waals surface area contributed by atoms with E-state index in [1.807, 2.05) is 0 Å². The van der Waals surface area contributed by atoms with E-state index in [0.717, 1.165) is 0 Å². The molecule has 0 aliphatic heterocycles. The fraction of sp³-hybridized carbons (Fsp3) is 0.667. The summed E-state index contributed by atoms with van der Waals surface area (Å²) in [5.74, 6) is -2.06. The van der Waals surface area contributed by atoms with Crippen molar-refractivity contribution in [3.05, 3.63) is 12.7 Å². The zero-order valence-corrected chi connectivity index (χ0v) is 7.67. The largest absolute Gasteiger partial charge is 0.479 e. The van der Waals surface area contributed by atoms with Gasteiger partial charge in [0.25, 0.3) is 0 Å². The molecule has 0 radical (unpaired) electrons. The zero-order chi connectivity index (χ0) is 9.94. The minimum absolute atomic E-state index is 0.403. The molecule has 0 fully saturated rings. The number of carbonyl (C=O) groups is 1. The Balaban J connectivity index is 4.57. The normalized spacial score (nSPS) is 16.7. The van der Waals surface area contributed by atoms with Crippen LogP contribution in [0.4, 0.5) is 4.39 Å². The summed E-state index contributed by atoms with van der Waals surface area (Å²) >= 11 is 0. The number of carboxylic acids is 1. The van der Waals surface area contributed by atoms with E-state index in [1.54, 1.807) is 20.8 Å². The monoisotopic (exact) mass is 174 g/mol. The highest BCUT2D eigenvalue weighted by Crippen LogP contribution is 2.31. The van der Waals surface area contributed by atoms with Gasteiger partial charge in [-0.25, -0.2) is 9.18 Å². The Kier molecular flexibility index (Phi) is 3.43.